The molecule has 1 rings (SSSR count). The third-order valence-electron chi connectivity index (χ3n) is 3.08. The molecule has 0 aliphatic heterocycles. The molecule has 11 heteroatoms. The monoisotopic (exact) mass is 329 g/mol. The molecule has 10 nitrogen and oxygen atoms in total. The molecule has 0 saturated carbocycles. The van der Waals surface area contributed by atoms with E-state index in [2.05, 4.69) is 0 Å². The van der Waals surface area contributed by atoms with Crippen molar-refractivity contribution in [1.29, 1.82) is 0 Å². The van der Waals surface area contributed by atoms with Gasteiger partial charge in [-0.05, 0) is 12.8 Å². The van der Waals surface area contributed by atoms with Crippen LogP contribution in [0.2, 0.25) is 0 Å². The van der Waals surface area contributed by atoms with Crippen LogP contribution in [0.1, 0.15) is 26.7 Å². The number of carbonyl (C=O) groups is 2. The van der Waals surface area contributed by atoms with Crippen LogP contribution in [0.3, 0.4) is 0 Å². The summed E-state index contributed by atoms with van der Waals surface area (Å²) < 4.78 is 32.9. The third-order valence-corrected chi connectivity index (χ3v) is 3.99. The summed E-state index contributed by atoms with van der Waals surface area (Å²) in [6.45, 7) is 2.25. The lowest BCUT2D eigenvalue weighted by atomic mass is 9.67. The Morgan fingerprint density at radius 2 is 1.52 bits per heavy atom. The number of rotatable bonds is 3. The smallest absolute Gasteiger partial charge is 0.120 e. The summed E-state index contributed by atoms with van der Waals surface area (Å²) in [7, 11) is -4.91. The molecule has 0 radical (unpaired) electrons. The maximum atomic E-state index is 11.0. The number of hydrogen-bond acceptors (Lipinski definition) is 7. The molecule has 126 valence electrons. The third kappa shape index (κ3) is 4.75. The van der Waals surface area contributed by atoms with Crippen LogP contribution in [0, 0.1) is 10.8 Å². The number of allylic oxidation sites excluding steroid dienone is 1. The quantitative estimate of drug-likeness (QED) is 0.535. The van der Waals surface area contributed by atoms with E-state index in [1.807, 2.05) is 0 Å². The van der Waals surface area contributed by atoms with Crippen molar-refractivity contribution in [2.24, 2.45) is 10.8 Å². The minimum absolute atomic E-state index is 0. The predicted molar refractivity (Wildman–Crippen MR) is 71.2 cm³/mol. The lowest BCUT2D eigenvalue weighted by Crippen LogP contribution is -2.50. The van der Waals surface area contributed by atoms with Gasteiger partial charge in [0.05, 0.1) is 5.97 Å². The second-order valence-corrected chi connectivity index (χ2v) is 6.40. The van der Waals surface area contributed by atoms with Crippen molar-refractivity contribution in [3.8, 4) is 0 Å². The zero-order valence-corrected chi connectivity index (χ0v) is 13.6. The molecule has 0 amide bonds. The second kappa shape index (κ2) is 6.95. The van der Waals surface area contributed by atoms with Crippen LogP contribution < -0.4 is 28.7 Å². The molecule has 2 unspecified atom stereocenters. The van der Waals surface area contributed by atoms with E-state index in [1.165, 1.54) is 0 Å². The number of carboxylic acid groups (broad SMARTS) is 2. The van der Waals surface area contributed by atoms with Gasteiger partial charge in [0.15, 0.2) is 0 Å². The van der Waals surface area contributed by atoms with Crippen molar-refractivity contribution in [2.45, 2.75) is 26.7 Å². The molecule has 21 heavy (non-hydrogen) atoms. The molecule has 1 aliphatic rings. The van der Waals surface area contributed by atoms with Crippen molar-refractivity contribution in [3.63, 3.8) is 0 Å². The highest BCUT2D eigenvalue weighted by atomic mass is 32.2. The van der Waals surface area contributed by atoms with Gasteiger partial charge >= 0.3 is 0 Å². The van der Waals surface area contributed by atoms with Crippen molar-refractivity contribution in [3.05, 3.63) is 11.0 Å². The first-order chi connectivity index (χ1) is 7.91. The average Bonchev–Trinajstić information content (AvgIpc) is 2.14. The molecule has 0 fully saturated rings. The largest absolute Gasteiger partial charge is 0.744 e. The van der Waals surface area contributed by atoms with Gasteiger partial charge in [0.1, 0.15) is 10.1 Å². The second-order valence-electron chi connectivity index (χ2n) is 4.97. The number of aliphatic carboxylic acids is 2. The standard InChI is InChI=1S/C10H14O7S.3H3N/c1-9(7(11)12)3-6(18(15,16)17)4-10(2,5-9)8(13)14;;;/h3H,4-5H2,1-2H3,(H,11,12)(H,13,14)(H,15,16,17);3*1H3. The Kier molecular flexibility index (Phi) is 8.11. The van der Waals surface area contributed by atoms with E-state index in [0.29, 0.717) is 0 Å². The first kappa shape index (κ1) is 24.5. The van der Waals surface area contributed by atoms with E-state index in [-0.39, 0.29) is 18.5 Å². The van der Waals surface area contributed by atoms with E-state index >= 15 is 0 Å². The maximum absolute atomic E-state index is 11.0. The summed E-state index contributed by atoms with van der Waals surface area (Å²) >= 11 is 0. The van der Waals surface area contributed by atoms with E-state index < -0.39 is 50.6 Å². The highest BCUT2D eigenvalue weighted by molar-refractivity contribution is 7.89. The van der Waals surface area contributed by atoms with Crippen LogP contribution >= 0.6 is 0 Å². The molecule has 12 N–H and O–H groups in total. The summed E-state index contributed by atoms with van der Waals surface area (Å²) in [6, 6.07) is 0. The molecule has 0 spiro atoms. The summed E-state index contributed by atoms with van der Waals surface area (Å²) in [4.78, 5) is 21.2. The molecular formula is C10H23N3O7S. The first-order valence-electron chi connectivity index (χ1n) is 5.01. The summed E-state index contributed by atoms with van der Waals surface area (Å²) in [5.74, 6) is -3.25. The van der Waals surface area contributed by atoms with Crippen molar-refractivity contribution in [1.82, 2.24) is 18.5 Å². The average molecular weight is 329 g/mol. The van der Waals surface area contributed by atoms with E-state index in [1.54, 1.807) is 0 Å². The van der Waals surface area contributed by atoms with E-state index in [4.69, 9.17) is 0 Å². The van der Waals surface area contributed by atoms with Gasteiger partial charge in [0.25, 0.3) is 0 Å². The Bertz CT molecular complexity index is 545. The van der Waals surface area contributed by atoms with Gasteiger partial charge in [-0.1, -0.05) is 19.9 Å². The van der Waals surface area contributed by atoms with Crippen molar-refractivity contribution in [2.75, 3.05) is 0 Å². The molecule has 0 aromatic carbocycles. The van der Waals surface area contributed by atoms with Gasteiger partial charge in [0.2, 0.25) is 0 Å². The van der Waals surface area contributed by atoms with E-state index in [9.17, 15) is 32.8 Å². The molecule has 0 saturated heterocycles. The van der Waals surface area contributed by atoms with E-state index in [0.717, 1.165) is 19.9 Å². The SMILES string of the molecule is CC1(C(=O)[O-])C=C(S(=O)(=O)[O-])CC(C)(C(=O)[O-])C1.[NH4+].[NH4+].[NH4+]. The van der Waals surface area contributed by atoms with Gasteiger partial charge < -0.3 is 42.8 Å². The molecule has 2 atom stereocenters. The molecular weight excluding hydrogens is 306 g/mol. The minimum Gasteiger partial charge on any atom is -0.744 e. The van der Waals surface area contributed by atoms with Crippen LogP contribution in [0.5, 0.6) is 0 Å². The van der Waals surface area contributed by atoms with Gasteiger partial charge in [-0.2, -0.15) is 0 Å². The van der Waals surface area contributed by atoms with Crippen molar-refractivity contribution >= 4 is 22.1 Å². The normalized spacial score (nSPS) is 28.0. The molecule has 1 aliphatic carbocycles. The summed E-state index contributed by atoms with van der Waals surface area (Å²) in [5, 5.41) is 22.0. The lowest BCUT2D eigenvalue weighted by Gasteiger charge is -2.44. The molecule has 0 aromatic rings. The fourth-order valence-corrected chi connectivity index (χ4v) is 3.05. The first-order valence-corrected chi connectivity index (χ1v) is 6.42. The zero-order chi connectivity index (χ0) is 14.4. The zero-order valence-electron chi connectivity index (χ0n) is 12.8. The lowest BCUT2D eigenvalue weighted by molar-refractivity contribution is -0.325. The Labute approximate surface area is 122 Å². The molecule has 0 heterocycles. The Morgan fingerprint density at radius 1 is 1.10 bits per heavy atom. The topological polar surface area (TPSA) is 247 Å². The number of hydrogen-bond donors (Lipinski definition) is 3. The highest BCUT2D eigenvalue weighted by Crippen LogP contribution is 2.45. The van der Waals surface area contributed by atoms with Crippen LogP contribution in [-0.4, -0.2) is 24.9 Å². The highest BCUT2D eigenvalue weighted by Gasteiger charge is 2.42. The van der Waals surface area contributed by atoms with Crippen LogP contribution in [0.15, 0.2) is 11.0 Å². The van der Waals surface area contributed by atoms with Crippen LogP contribution in [0.4, 0.5) is 0 Å². The Balaban J connectivity index is -0.00000108. The van der Waals surface area contributed by atoms with Gasteiger partial charge in [-0.15, -0.1) is 0 Å². The number of quaternary nitrogens is 3. The van der Waals surface area contributed by atoms with Crippen LogP contribution in [0.25, 0.3) is 0 Å². The Hall–Kier alpha value is -1.53. The predicted octanol–water partition coefficient (Wildman–Crippen LogP) is -1.15. The molecule has 0 bridgehead atoms. The number of carboxylic acids is 2. The fourth-order valence-electron chi connectivity index (χ4n) is 2.15. The number of carbonyl (C=O) groups excluding carboxylic acids is 2. The van der Waals surface area contributed by atoms with Crippen molar-refractivity contribution < 1.29 is 32.8 Å². The molecule has 0 aromatic heterocycles. The van der Waals surface area contributed by atoms with Gasteiger partial charge in [0, 0.05) is 21.7 Å². The fraction of sp³-hybridized carbons (Fsp3) is 0.600. The minimum atomic E-state index is -4.91. The van der Waals surface area contributed by atoms with Crippen LogP contribution in [-0.2, 0) is 19.7 Å². The Morgan fingerprint density at radius 3 is 1.81 bits per heavy atom. The summed E-state index contributed by atoms with van der Waals surface area (Å²) in [5.41, 5.74) is -3.57. The van der Waals surface area contributed by atoms with Gasteiger partial charge in [-0.3, -0.25) is 0 Å². The summed E-state index contributed by atoms with van der Waals surface area (Å²) in [6.07, 6.45) is -0.219. The maximum Gasteiger partial charge on any atom is 0.120 e. The van der Waals surface area contributed by atoms with Gasteiger partial charge in [-0.25, -0.2) is 8.42 Å².